The summed E-state index contributed by atoms with van der Waals surface area (Å²) in [6.07, 6.45) is -6.81. The number of thiazole rings is 1. The van der Waals surface area contributed by atoms with Crippen LogP contribution in [0.3, 0.4) is 0 Å². The minimum Gasteiger partial charge on any atom is -0.319 e. The summed E-state index contributed by atoms with van der Waals surface area (Å²) in [4.78, 5) is 21.4. The molecule has 4 heterocycles. The average Bonchev–Trinajstić information content (AvgIpc) is 3.57. The van der Waals surface area contributed by atoms with Gasteiger partial charge in [0.25, 0.3) is 5.91 Å². The molecular formula is C21H12F6N8OS. The Hall–Kier alpha value is -4.34. The van der Waals surface area contributed by atoms with Crippen molar-refractivity contribution < 1.29 is 31.1 Å². The molecule has 0 fully saturated rings. The van der Waals surface area contributed by atoms with E-state index in [1.807, 2.05) is 0 Å². The van der Waals surface area contributed by atoms with E-state index in [4.69, 9.17) is 0 Å². The number of anilines is 1. The standard InChI is InChI=1S/C21H12F6N8OS/c1-34-16(14(21(25,26)27)15(33-34)11-3-2-4-13-17(11)37-9-29-13)19(36)32-10-7-12(20(22,23)24)18(28-8-10)35-30-5-6-31-35/h2-9H,1H3,(H,32,36). The predicted octanol–water partition coefficient (Wildman–Crippen LogP) is 4.96. The fraction of sp³-hybridized carbons (Fsp3) is 0.143. The summed E-state index contributed by atoms with van der Waals surface area (Å²) in [6.45, 7) is 0. The molecule has 0 spiro atoms. The number of halogens is 6. The number of hydrogen-bond donors (Lipinski definition) is 1. The Morgan fingerprint density at radius 1 is 1.03 bits per heavy atom. The number of carbonyl (C=O) groups excluding carboxylic acids is 1. The number of amides is 1. The van der Waals surface area contributed by atoms with Crippen molar-refractivity contribution >= 4 is 33.1 Å². The molecule has 1 N–H and O–H groups in total. The second kappa shape index (κ2) is 8.65. The lowest BCUT2D eigenvalue weighted by molar-refractivity contribution is -0.138. The smallest absolute Gasteiger partial charge is 0.319 e. The van der Waals surface area contributed by atoms with E-state index in [1.165, 1.54) is 17.6 Å². The number of nitrogens with one attached hydrogen (secondary N) is 1. The van der Waals surface area contributed by atoms with E-state index in [1.54, 1.807) is 6.07 Å². The van der Waals surface area contributed by atoms with Crippen LogP contribution in [0, 0.1) is 0 Å². The highest BCUT2D eigenvalue weighted by Gasteiger charge is 2.43. The van der Waals surface area contributed by atoms with Crippen molar-refractivity contribution in [2.24, 2.45) is 7.05 Å². The number of benzene rings is 1. The maximum Gasteiger partial charge on any atom is 0.420 e. The minimum atomic E-state index is -5.02. The third-order valence-electron chi connectivity index (χ3n) is 5.20. The summed E-state index contributed by atoms with van der Waals surface area (Å²) in [5.74, 6) is -2.00. The zero-order valence-electron chi connectivity index (χ0n) is 18.3. The van der Waals surface area contributed by atoms with Crippen molar-refractivity contribution in [3.05, 3.63) is 65.2 Å². The Morgan fingerprint density at radius 3 is 2.43 bits per heavy atom. The molecule has 0 saturated carbocycles. The van der Waals surface area contributed by atoms with Gasteiger partial charge in [-0.2, -0.15) is 41.6 Å². The van der Waals surface area contributed by atoms with Crippen LogP contribution >= 0.6 is 11.3 Å². The lowest BCUT2D eigenvalue weighted by atomic mass is 10.0. The molecule has 5 aromatic rings. The average molecular weight is 538 g/mol. The first-order valence-corrected chi connectivity index (χ1v) is 11.0. The highest BCUT2D eigenvalue weighted by Crippen LogP contribution is 2.42. The van der Waals surface area contributed by atoms with Gasteiger partial charge in [0.2, 0.25) is 0 Å². The Bertz CT molecular complexity index is 1620. The Kier molecular flexibility index (Phi) is 5.69. The number of aryl methyl sites for hydroxylation is 1. The molecule has 9 nitrogen and oxygen atoms in total. The van der Waals surface area contributed by atoms with Gasteiger partial charge in [-0.3, -0.25) is 9.48 Å². The minimum absolute atomic E-state index is 0.110. The molecule has 1 amide bonds. The van der Waals surface area contributed by atoms with Gasteiger partial charge in [-0.05, 0) is 12.1 Å². The number of nitrogens with zero attached hydrogens (tertiary/aromatic N) is 7. The van der Waals surface area contributed by atoms with E-state index in [-0.39, 0.29) is 5.56 Å². The number of fused-ring (bicyclic) bond motifs is 1. The number of aromatic nitrogens is 7. The van der Waals surface area contributed by atoms with Crippen molar-refractivity contribution in [1.82, 2.24) is 34.7 Å². The Labute approximate surface area is 206 Å². The maximum atomic E-state index is 14.2. The van der Waals surface area contributed by atoms with Crippen LogP contribution in [0.2, 0.25) is 0 Å². The number of hydrogen-bond acceptors (Lipinski definition) is 7. The monoisotopic (exact) mass is 538 g/mol. The summed E-state index contributed by atoms with van der Waals surface area (Å²) >= 11 is 1.10. The van der Waals surface area contributed by atoms with E-state index in [0.29, 0.717) is 21.1 Å². The number of carbonyl (C=O) groups is 1. The van der Waals surface area contributed by atoms with Crippen LogP contribution in [0.4, 0.5) is 32.0 Å². The van der Waals surface area contributed by atoms with Crippen LogP contribution in [-0.4, -0.2) is 40.6 Å². The molecule has 4 aromatic heterocycles. The van der Waals surface area contributed by atoms with Crippen LogP contribution < -0.4 is 5.32 Å². The van der Waals surface area contributed by atoms with E-state index in [0.717, 1.165) is 41.7 Å². The van der Waals surface area contributed by atoms with Gasteiger partial charge in [0.15, 0.2) is 5.82 Å². The molecule has 0 atom stereocenters. The van der Waals surface area contributed by atoms with E-state index < -0.39 is 52.3 Å². The molecule has 5 rings (SSSR count). The number of pyridine rings is 1. The first kappa shape index (κ1) is 24.4. The zero-order chi connectivity index (χ0) is 26.5. The lowest BCUT2D eigenvalue weighted by Gasteiger charge is -2.14. The van der Waals surface area contributed by atoms with Gasteiger partial charge in [0.05, 0.1) is 40.0 Å². The molecule has 0 bridgehead atoms. The van der Waals surface area contributed by atoms with Crippen molar-refractivity contribution in [3.8, 4) is 17.1 Å². The first-order chi connectivity index (χ1) is 17.4. The van der Waals surface area contributed by atoms with E-state index >= 15 is 0 Å². The molecule has 190 valence electrons. The SMILES string of the molecule is Cn1nc(-c2cccc3ncsc23)c(C(F)(F)F)c1C(=O)Nc1cnc(-n2nccn2)c(C(F)(F)F)c1. The molecule has 0 radical (unpaired) electrons. The molecular weight excluding hydrogens is 526 g/mol. The molecule has 1 aromatic carbocycles. The molecule has 0 saturated heterocycles. The fourth-order valence-electron chi connectivity index (χ4n) is 3.72. The summed E-state index contributed by atoms with van der Waals surface area (Å²) in [5.41, 5.74) is -2.52. The fourth-order valence-corrected chi connectivity index (χ4v) is 4.53. The second-order valence-corrected chi connectivity index (χ2v) is 8.42. The van der Waals surface area contributed by atoms with E-state index in [9.17, 15) is 31.1 Å². The molecule has 0 aliphatic heterocycles. The molecule has 0 unspecified atom stereocenters. The largest absolute Gasteiger partial charge is 0.420 e. The van der Waals surface area contributed by atoms with Gasteiger partial charge in [-0.1, -0.05) is 12.1 Å². The van der Waals surface area contributed by atoms with Gasteiger partial charge in [0.1, 0.15) is 22.5 Å². The summed E-state index contributed by atoms with van der Waals surface area (Å²) < 4.78 is 84.9. The van der Waals surface area contributed by atoms with Gasteiger partial charge < -0.3 is 5.32 Å². The Balaban J connectivity index is 1.59. The molecule has 37 heavy (non-hydrogen) atoms. The van der Waals surface area contributed by atoms with Gasteiger partial charge in [-0.25, -0.2) is 9.97 Å². The van der Waals surface area contributed by atoms with Gasteiger partial charge >= 0.3 is 12.4 Å². The topological polar surface area (TPSA) is 103 Å². The van der Waals surface area contributed by atoms with Gasteiger partial charge in [-0.15, -0.1) is 16.1 Å². The highest BCUT2D eigenvalue weighted by molar-refractivity contribution is 7.17. The van der Waals surface area contributed by atoms with Crippen LogP contribution in [-0.2, 0) is 19.4 Å². The summed E-state index contributed by atoms with van der Waals surface area (Å²) in [7, 11) is 1.13. The first-order valence-electron chi connectivity index (χ1n) is 10.2. The van der Waals surface area contributed by atoms with Crippen molar-refractivity contribution in [3.63, 3.8) is 0 Å². The lowest BCUT2D eigenvalue weighted by Crippen LogP contribution is -2.22. The molecule has 16 heteroatoms. The molecule has 0 aliphatic carbocycles. The third kappa shape index (κ3) is 4.39. The van der Waals surface area contributed by atoms with Crippen molar-refractivity contribution in [2.45, 2.75) is 12.4 Å². The Morgan fingerprint density at radius 2 is 1.76 bits per heavy atom. The van der Waals surface area contributed by atoms with Crippen LogP contribution in [0.25, 0.3) is 27.3 Å². The number of rotatable bonds is 4. The van der Waals surface area contributed by atoms with Crippen LogP contribution in [0.15, 0.2) is 48.4 Å². The second-order valence-electron chi connectivity index (χ2n) is 7.57. The number of alkyl halides is 6. The van der Waals surface area contributed by atoms with E-state index in [2.05, 4.69) is 30.6 Å². The summed E-state index contributed by atoms with van der Waals surface area (Å²) in [6, 6.07) is 5.08. The highest BCUT2D eigenvalue weighted by atomic mass is 32.1. The van der Waals surface area contributed by atoms with Gasteiger partial charge in [0, 0.05) is 12.6 Å². The predicted molar refractivity (Wildman–Crippen MR) is 119 cm³/mol. The molecule has 0 aliphatic rings. The van der Waals surface area contributed by atoms with Crippen molar-refractivity contribution in [1.29, 1.82) is 0 Å². The normalized spacial score (nSPS) is 12.3. The van der Waals surface area contributed by atoms with Crippen LogP contribution in [0.5, 0.6) is 0 Å². The summed E-state index contributed by atoms with van der Waals surface area (Å²) in [5, 5.41) is 13.2. The third-order valence-corrected chi connectivity index (χ3v) is 6.07. The van der Waals surface area contributed by atoms with Crippen molar-refractivity contribution in [2.75, 3.05) is 5.32 Å². The quantitative estimate of drug-likeness (QED) is 0.325. The maximum absolute atomic E-state index is 14.2. The van der Waals surface area contributed by atoms with Crippen LogP contribution in [0.1, 0.15) is 21.6 Å². The zero-order valence-corrected chi connectivity index (χ0v) is 19.2.